The molecule has 0 atom stereocenters. The van der Waals surface area contributed by atoms with Crippen LogP contribution in [0.15, 0.2) is 34.7 Å². The third-order valence-electron chi connectivity index (χ3n) is 4.27. The van der Waals surface area contributed by atoms with Gasteiger partial charge >= 0.3 is 12.0 Å². The van der Waals surface area contributed by atoms with Gasteiger partial charge in [-0.3, -0.25) is 5.32 Å². The molecule has 27 heavy (non-hydrogen) atoms. The van der Waals surface area contributed by atoms with Crippen molar-refractivity contribution in [3.8, 4) is 11.4 Å². The van der Waals surface area contributed by atoms with Crippen LogP contribution in [0.5, 0.6) is 0 Å². The SMILES string of the molecule is CCc1nnc(NC(=O)N2CCN(c3nc(-c4ccccc4)ns3)CC2)o1. The lowest BCUT2D eigenvalue weighted by Gasteiger charge is -2.33. The monoisotopic (exact) mass is 385 g/mol. The molecule has 2 amide bonds. The van der Waals surface area contributed by atoms with Gasteiger partial charge in [0.05, 0.1) is 0 Å². The Kier molecular flexibility index (Phi) is 4.97. The van der Waals surface area contributed by atoms with Gasteiger partial charge in [-0.15, -0.1) is 5.10 Å². The molecule has 2 aromatic heterocycles. The quantitative estimate of drug-likeness (QED) is 0.736. The van der Waals surface area contributed by atoms with E-state index in [1.165, 1.54) is 11.5 Å². The normalized spacial score (nSPS) is 14.4. The van der Waals surface area contributed by atoms with Crippen LogP contribution in [-0.2, 0) is 6.42 Å². The van der Waals surface area contributed by atoms with E-state index in [9.17, 15) is 4.79 Å². The van der Waals surface area contributed by atoms with Crippen molar-refractivity contribution in [2.45, 2.75) is 13.3 Å². The van der Waals surface area contributed by atoms with E-state index < -0.39 is 0 Å². The predicted molar refractivity (Wildman–Crippen MR) is 102 cm³/mol. The number of aromatic nitrogens is 4. The van der Waals surface area contributed by atoms with E-state index in [0.29, 0.717) is 38.5 Å². The molecular formula is C17H19N7O2S. The van der Waals surface area contributed by atoms with Gasteiger partial charge in [-0.1, -0.05) is 42.4 Å². The van der Waals surface area contributed by atoms with Gasteiger partial charge in [-0.25, -0.2) is 4.79 Å². The molecule has 0 bridgehead atoms. The van der Waals surface area contributed by atoms with Crippen molar-refractivity contribution in [3.63, 3.8) is 0 Å². The Morgan fingerprint density at radius 1 is 1.19 bits per heavy atom. The van der Waals surface area contributed by atoms with E-state index in [1.807, 2.05) is 37.3 Å². The van der Waals surface area contributed by atoms with Crippen molar-refractivity contribution in [2.75, 3.05) is 36.4 Å². The number of benzene rings is 1. The minimum Gasteiger partial charge on any atom is -0.408 e. The average molecular weight is 385 g/mol. The minimum atomic E-state index is -0.233. The Bertz CT molecular complexity index is 903. The smallest absolute Gasteiger partial charge is 0.325 e. The number of hydrogen-bond donors (Lipinski definition) is 1. The number of nitrogens with zero attached hydrogens (tertiary/aromatic N) is 6. The number of hydrogen-bond acceptors (Lipinski definition) is 8. The fourth-order valence-corrected chi connectivity index (χ4v) is 3.51. The summed E-state index contributed by atoms with van der Waals surface area (Å²) in [6, 6.07) is 9.81. The van der Waals surface area contributed by atoms with Crippen molar-refractivity contribution in [1.29, 1.82) is 0 Å². The van der Waals surface area contributed by atoms with Gasteiger partial charge in [-0.05, 0) is 0 Å². The summed E-state index contributed by atoms with van der Waals surface area (Å²) >= 11 is 1.38. The van der Waals surface area contributed by atoms with Gasteiger partial charge in [-0.2, -0.15) is 9.36 Å². The molecule has 0 saturated carbocycles. The number of nitrogens with one attached hydrogen (secondary N) is 1. The van der Waals surface area contributed by atoms with Gasteiger partial charge in [0.2, 0.25) is 11.0 Å². The Balaban J connectivity index is 1.33. The highest BCUT2D eigenvalue weighted by Crippen LogP contribution is 2.24. The molecule has 1 N–H and O–H groups in total. The standard InChI is InChI=1S/C17H19N7O2S/c1-2-13-20-21-15(26-13)19-16(25)23-8-10-24(11-9-23)17-18-14(22-27-17)12-6-4-3-5-7-12/h3-7H,2,8-11H2,1H3,(H,19,21,25). The fourth-order valence-electron chi connectivity index (χ4n) is 2.77. The third-order valence-corrected chi connectivity index (χ3v) is 5.04. The summed E-state index contributed by atoms with van der Waals surface area (Å²) in [5.41, 5.74) is 1.00. The summed E-state index contributed by atoms with van der Waals surface area (Å²) < 4.78 is 9.77. The molecule has 9 nitrogen and oxygen atoms in total. The molecule has 3 aromatic rings. The lowest BCUT2D eigenvalue weighted by Crippen LogP contribution is -2.50. The van der Waals surface area contributed by atoms with Crippen LogP contribution in [0.3, 0.4) is 0 Å². The van der Waals surface area contributed by atoms with E-state index in [0.717, 1.165) is 16.5 Å². The van der Waals surface area contributed by atoms with Gasteiger partial charge < -0.3 is 14.2 Å². The van der Waals surface area contributed by atoms with E-state index in [2.05, 4.69) is 29.8 Å². The van der Waals surface area contributed by atoms with Crippen LogP contribution in [0.25, 0.3) is 11.4 Å². The molecule has 140 valence electrons. The first kappa shape index (κ1) is 17.4. The highest BCUT2D eigenvalue weighted by molar-refractivity contribution is 7.09. The molecule has 3 heterocycles. The Labute approximate surface area is 160 Å². The first-order valence-electron chi connectivity index (χ1n) is 8.75. The summed E-state index contributed by atoms with van der Waals surface area (Å²) in [7, 11) is 0. The van der Waals surface area contributed by atoms with Gasteiger partial charge in [0.1, 0.15) is 0 Å². The molecule has 10 heteroatoms. The van der Waals surface area contributed by atoms with Crippen LogP contribution < -0.4 is 10.2 Å². The summed E-state index contributed by atoms with van der Waals surface area (Å²) in [6.07, 6.45) is 0.633. The Hall–Kier alpha value is -3.01. The number of rotatable bonds is 4. The molecule has 0 aliphatic carbocycles. The predicted octanol–water partition coefficient (Wildman–Crippen LogP) is 2.50. The van der Waals surface area contributed by atoms with Crippen LogP contribution >= 0.6 is 11.5 Å². The second kappa shape index (κ2) is 7.70. The van der Waals surface area contributed by atoms with E-state index in [-0.39, 0.29) is 12.0 Å². The summed E-state index contributed by atoms with van der Waals surface area (Å²) in [5, 5.41) is 11.2. The molecule has 1 aliphatic heterocycles. The van der Waals surface area contributed by atoms with E-state index >= 15 is 0 Å². The van der Waals surface area contributed by atoms with Crippen LogP contribution in [0, 0.1) is 0 Å². The zero-order chi connectivity index (χ0) is 18.6. The topological polar surface area (TPSA) is 100 Å². The second-order valence-corrected chi connectivity index (χ2v) is 6.76. The van der Waals surface area contributed by atoms with Crippen LogP contribution in [0.4, 0.5) is 15.9 Å². The molecule has 1 saturated heterocycles. The molecular weight excluding hydrogens is 366 g/mol. The van der Waals surface area contributed by atoms with Crippen LogP contribution in [0.1, 0.15) is 12.8 Å². The second-order valence-electron chi connectivity index (χ2n) is 6.03. The number of carbonyl (C=O) groups is 1. The first-order chi connectivity index (χ1) is 13.2. The number of anilines is 2. The fraction of sp³-hybridized carbons (Fsp3) is 0.353. The molecule has 1 aromatic carbocycles. The maximum atomic E-state index is 12.3. The number of urea groups is 1. The number of piperazine rings is 1. The number of aryl methyl sites for hydroxylation is 1. The number of carbonyl (C=O) groups excluding carboxylic acids is 1. The van der Waals surface area contributed by atoms with Gasteiger partial charge in [0, 0.05) is 49.7 Å². The van der Waals surface area contributed by atoms with Gasteiger partial charge in [0.15, 0.2) is 5.82 Å². The zero-order valence-corrected chi connectivity index (χ0v) is 15.6. The highest BCUT2D eigenvalue weighted by atomic mass is 32.1. The Morgan fingerprint density at radius 3 is 2.67 bits per heavy atom. The van der Waals surface area contributed by atoms with Crippen molar-refractivity contribution >= 4 is 28.7 Å². The maximum Gasteiger partial charge on any atom is 0.325 e. The van der Waals surface area contributed by atoms with Crippen molar-refractivity contribution < 1.29 is 9.21 Å². The van der Waals surface area contributed by atoms with Crippen molar-refractivity contribution in [2.24, 2.45) is 0 Å². The van der Waals surface area contributed by atoms with E-state index in [1.54, 1.807) is 4.90 Å². The lowest BCUT2D eigenvalue weighted by atomic mass is 10.2. The molecule has 1 fully saturated rings. The average Bonchev–Trinajstić information content (AvgIpc) is 3.38. The molecule has 0 unspecified atom stereocenters. The third kappa shape index (κ3) is 3.90. The minimum absolute atomic E-state index is 0.135. The largest absolute Gasteiger partial charge is 0.408 e. The lowest BCUT2D eigenvalue weighted by molar-refractivity contribution is 0.207. The maximum absolute atomic E-state index is 12.3. The number of amides is 2. The zero-order valence-electron chi connectivity index (χ0n) is 14.8. The molecule has 0 radical (unpaired) electrons. The molecule has 1 aliphatic rings. The summed E-state index contributed by atoms with van der Waals surface area (Å²) in [5.74, 6) is 1.24. The molecule has 0 spiro atoms. The highest BCUT2D eigenvalue weighted by Gasteiger charge is 2.24. The van der Waals surface area contributed by atoms with Crippen LogP contribution in [0.2, 0.25) is 0 Å². The molecule has 4 rings (SSSR count). The summed E-state index contributed by atoms with van der Waals surface area (Å²) in [4.78, 5) is 20.9. The van der Waals surface area contributed by atoms with Crippen molar-refractivity contribution in [3.05, 3.63) is 36.2 Å². The summed E-state index contributed by atoms with van der Waals surface area (Å²) in [6.45, 7) is 4.47. The van der Waals surface area contributed by atoms with Crippen molar-refractivity contribution in [1.82, 2.24) is 24.5 Å². The van der Waals surface area contributed by atoms with E-state index in [4.69, 9.17) is 4.42 Å². The Morgan fingerprint density at radius 2 is 1.96 bits per heavy atom. The van der Waals surface area contributed by atoms with Crippen LogP contribution in [-0.4, -0.2) is 56.7 Å². The first-order valence-corrected chi connectivity index (χ1v) is 9.52. The van der Waals surface area contributed by atoms with Gasteiger partial charge in [0.25, 0.3) is 0 Å².